The van der Waals surface area contributed by atoms with E-state index in [0.29, 0.717) is 6.42 Å². The van der Waals surface area contributed by atoms with E-state index < -0.39 is 21.2 Å². The van der Waals surface area contributed by atoms with Crippen molar-refractivity contribution >= 4 is 21.7 Å². The molecule has 0 spiro atoms. The number of para-hydroxylation sites is 1. The predicted octanol–water partition coefficient (Wildman–Crippen LogP) is 2.09. The van der Waals surface area contributed by atoms with Gasteiger partial charge in [-0.2, -0.15) is 0 Å². The van der Waals surface area contributed by atoms with E-state index in [2.05, 4.69) is 11.3 Å². The second kappa shape index (κ2) is 5.68. The van der Waals surface area contributed by atoms with E-state index in [1.54, 1.807) is 13.0 Å². The fourth-order valence-corrected chi connectivity index (χ4v) is 2.83. The fourth-order valence-electron chi connectivity index (χ4n) is 1.50. The van der Waals surface area contributed by atoms with Crippen LogP contribution in [0.4, 0.5) is 5.69 Å². The number of nitrogens with one attached hydrogen (secondary N) is 1. The molecule has 0 aliphatic heterocycles. The Hall–Kier alpha value is -1.82. The van der Waals surface area contributed by atoms with E-state index in [4.69, 9.17) is 5.11 Å². The molecule has 2 N–H and O–H groups in total. The van der Waals surface area contributed by atoms with Crippen LogP contribution in [0.25, 0.3) is 0 Å². The van der Waals surface area contributed by atoms with Crippen LogP contribution in [0.5, 0.6) is 0 Å². The number of carbonyl (C=O) groups is 1. The first-order chi connectivity index (χ1) is 8.42. The van der Waals surface area contributed by atoms with Gasteiger partial charge in [-0.3, -0.25) is 4.72 Å². The topological polar surface area (TPSA) is 83.5 Å². The van der Waals surface area contributed by atoms with Crippen molar-refractivity contribution in [3.05, 3.63) is 42.5 Å². The fraction of sp³-hybridized carbons (Fsp3) is 0.250. The highest BCUT2D eigenvalue weighted by molar-refractivity contribution is 7.93. The first-order valence-corrected chi connectivity index (χ1v) is 6.93. The van der Waals surface area contributed by atoms with E-state index >= 15 is 0 Å². The number of aromatic carboxylic acids is 1. The van der Waals surface area contributed by atoms with Crippen molar-refractivity contribution in [2.75, 3.05) is 4.72 Å². The lowest BCUT2D eigenvalue weighted by molar-refractivity contribution is 0.0698. The standard InChI is InChI=1S/C12H15NO4S/c1-3-9(4-2)18(16,17)13-11-8-6-5-7-10(11)12(14)15/h3,5-9,13H,1,4H2,2H3,(H,14,15). The minimum absolute atomic E-state index is 0.0605. The molecule has 5 nitrogen and oxygen atoms in total. The number of rotatable bonds is 6. The Bertz CT molecular complexity index is 551. The smallest absolute Gasteiger partial charge is 0.337 e. The maximum atomic E-state index is 12.0. The molecule has 0 fully saturated rings. The van der Waals surface area contributed by atoms with Crippen LogP contribution in [-0.4, -0.2) is 24.7 Å². The van der Waals surface area contributed by atoms with Gasteiger partial charge in [-0.25, -0.2) is 13.2 Å². The normalized spacial score (nSPS) is 12.7. The van der Waals surface area contributed by atoms with Crippen LogP contribution in [0.2, 0.25) is 0 Å². The summed E-state index contributed by atoms with van der Waals surface area (Å²) in [5.74, 6) is -1.18. The van der Waals surface area contributed by atoms with Gasteiger partial charge < -0.3 is 5.11 Å². The van der Waals surface area contributed by atoms with E-state index in [0.717, 1.165) is 0 Å². The zero-order valence-electron chi connectivity index (χ0n) is 9.96. The maximum Gasteiger partial charge on any atom is 0.337 e. The van der Waals surface area contributed by atoms with Crippen molar-refractivity contribution in [3.8, 4) is 0 Å². The lowest BCUT2D eigenvalue weighted by Gasteiger charge is -2.15. The van der Waals surface area contributed by atoms with Crippen molar-refractivity contribution < 1.29 is 18.3 Å². The van der Waals surface area contributed by atoms with Gasteiger partial charge in [0, 0.05) is 0 Å². The molecule has 6 heteroatoms. The van der Waals surface area contributed by atoms with Crippen molar-refractivity contribution in [2.45, 2.75) is 18.6 Å². The van der Waals surface area contributed by atoms with Gasteiger partial charge >= 0.3 is 5.97 Å². The summed E-state index contributed by atoms with van der Waals surface area (Å²) in [7, 11) is -3.66. The molecule has 1 aromatic rings. The second-order valence-corrected chi connectivity index (χ2v) is 5.58. The van der Waals surface area contributed by atoms with Crippen molar-refractivity contribution in [1.29, 1.82) is 0 Å². The van der Waals surface area contributed by atoms with Crippen LogP contribution in [0.3, 0.4) is 0 Å². The Kier molecular flexibility index (Phi) is 4.49. The van der Waals surface area contributed by atoms with Gasteiger partial charge in [-0.05, 0) is 18.6 Å². The first kappa shape index (κ1) is 14.2. The van der Waals surface area contributed by atoms with Gasteiger partial charge in [-0.15, -0.1) is 6.58 Å². The Morgan fingerprint density at radius 3 is 2.61 bits per heavy atom. The molecule has 1 aromatic carbocycles. The summed E-state index contributed by atoms with van der Waals surface area (Å²) in [5.41, 5.74) is -0.0229. The molecule has 0 aliphatic carbocycles. The van der Waals surface area contributed by atoms with Gasteiger partial charge in [0.25, 0.3) is 0 Å². The molecule has 0 aliphatic rings. The number of carboxylic acids is 1. The Morgan fingerprint density at radius 2 is 2.11 bits per heavy atom. The maximum absolute atomic E-state index is 12.0. The summed E-state index contributed by atoms with van der Waals surface area (Å²) in [5, 5.41) is 8.21. The Morgan fingerprint density at radius 1 is 1.50 bits per heavy atom. The summed E-state index contributed by atoms with van der Waals surface area (Å²) in [4.78, 5) is 11.0. The molecule has 1 rings (SSSR count). The molecule has 0 radical (unpaired) electrons. The molecule has 0 aromatic heterocycles. The third kappa shape index (κ3) is 3.10. The van der Waals surface area contributed by atoms with E-state index in [1.165, 1.54) is 24.3 Å². The highest BCUT2D eigenvalue weighted by atomic mass is 32.2. The molecule has 0 saturated carbocycles. The lowest BCUT2D eigenvalue weighted by atomic mass is 10.2. The van der Waals surface area contributed by atoms with E-state index in [1.807, 2.05) is 0 Å². The highest BCUT2D eigenvalue weighted by Crippen LogP contribution is 2.19. The average Bonchev–Trinajstić information content (AvgIpc) is 2.29. The zero-order chi connectivity index (χ0) is 13.8. The van der Waals surface area contributed by atoms with E-state index in [9.17, 15) is 13.2 Å². The molecular weight excluding hydrogens is 254 g/mol. The van der Waals surface area contributed by atoms with Crippen LogP contribution in [0, 0.1) is 0 Å². The molecule has 18 heavy (non-hydrogen) atoms. The summed E-state index contributed by atoms with van der Waals surface area (Å²) >= 11 is 0. The summed E-state index contributed by atoms with van der Waals surface area (Å²) in [6.07, 6.45) is 1.69. The number of sulfonamides is 1. The summed E-state index contributed by atoms with van der Waals surface area (Å²) < 4.78 is 26.2. The highest BCUT2D eigenvalue weighted by Gasteiger charge is 2.22. The van der Waals surface area contributed by atoms with Crippen molar-refractivity contribution in [2.24, 2.45) is 0 Å². The van der Waals surface area contributed by atoms with Crippen LogP contribution in [-0.2, 0) is 10.0 Å². The molecule has 98 valence electrons. The predicted molar refractivity (Wildman–Crippen MR) is 70.2 cm³/mol. The van der Waals surface area contributed by atoms with Gasteiger partial charge in [0.2, 0.25) is 10.0 Å². The minimum atomic E-state index is -3.66. The zero-order valence-corrected chi connectivity index (χ0v) is 10.8. The number of hydrogen-bond acceptors (Lipinski definition) is 3. The van der Waals surface area contributed by atoms with Crippen LogP contribution in [0.15, 0.2) is 36.9 Å². The van der Waals surface area contributed by atoms with E-state index in [-0.39, 0.29) is 11.3 Å². The second-order valence-electron chi connectivity index (χ2n) is 3.68. The summed E-state index contributed by atoms with van der Waals surface area (Å²) in [6, 6.07) is 5.86. The molecule has 0 bridgehead atoms. The van der Waals surface area contributed by atoms with Crippen LogP contribution >= 0.6 is 0 Å². The SMILES string of the molecule is C=CC(CC)S(=O)(=O)Nc1ccccc1C(=O)O. The quantitative estimate of drug-likeness (QED) is 0.774. The number of carboxylic acid groups (broad SMARTS) is 1. The van der Waals surface area contributed by atoms with Crippen molar-refractivity contribution in [1.82, 2.24) is 0 Å². The average molecular weight is 269 g/mol. The van der Waals surface area contributed by atoms with Gasteiger partial charge in [0.1, 0.15) is 0 Å². The number of benzene rings is 1. The monoisotopic (exact) mass is 269 g/mol. The minimum Gasteiger partial charge on any atom is -0.478 e. The molecule has 1 unspecified atom stereocenters. The molecule has 0 saturated heterocycles. The van der Waals surface area contributed by atoms with Crippen molar-refractivity contribution in [3.63, 3.8) is 0 Å². The molecular formula is C12H15NO4S. The van der Waals surface area contributed by atoms with Crippen LogP contribution in [0.1, 0.15) is 23.7 Å². The largest absolute Gasteiger partial charge is 0.478 e. The third-order valence-electron chi connectivity index (χ3n) is 2.47. The Labute approximate surface area is 106 Å². The number of anilines is 1. The Balaban J connectivity index is 3.12. The molecule has 0 heterocycles. The first-order valence-electron chi connectivity index (χ1n) is 5.39. The lowest BCUT2D eigenvalue weighted by Crippen LogP contribution is -2.26. The molecule has 0 amide bonds. The van der Waals surface area contributed by atoms with Gasteiger partial charge in [0.05, 0.1) is 16.5 Å². The molecule has 1 atom stereocenters. The summed E-state index contributed by atoms with van der Waals surface area (Å²) in [6.45, 7) is 5.18. The van der Waals surface area contributed by atoms with Gasteiger partial charge in [-0.1, -0.05) is 25.1 Å². The third-order valence-corrected chi connectivity index (χ3v) is 4.30. The van der Waals surface area contributed by atoms with Gasteiger partial charge in [0.15, 0.2) is 0 Å². The number of hydrogen-bond donors (Lipinski definition) is 2. The van der Waals surface area contributed by atoms with Crippen LogP contribution < -0.4 is 4.72 Å².